The van der Waals surface area contributed by atoms with Gasteiger partial charge in [-0.05, 0) is 31.2 Å². The minimum absolute atomic E-state index is 0.200. The fourth-order valence-electron chi connectivity index (χ4n) is 1.75. The molecule has 5 nitrogen and oxygen atoms in total. The topological polar surface area (TPSA) is 66.5 Å². The molecule has 0 aliphatic carbocycles. The van der Waals surface area contributed by atoms with Gasteiger partial charge in [-0.3, -0.25) is 4.79 Å². The van der Waals surface area contributed by atoms with Crippen LogP contribution in [0.3, 0.4) is 0 Å². The van der Waals surface area contributed by atoms with Crippen molar-refractivity contribution < 1.29 is 13.2 Å². The zero-order chi connectivity index (χ0) is 14.5. The van der Waals surface area contributed by atoms with Crippen LogP contribution >= 0.6 is 0 Å². The number of rotatable bonds is 6. The molecule has 0 radical (unpaired) electrons. The van der Waals surface area contributed by atoms with E-state index in [0.29, 0.717) is 25.2 Å². The predicted octanol–water partition coefficient (Wildman–Crippen LogP) is 1.47. The lowest BCUT2D eigenvalue weighted by molar-refractivity contribution is 0.0955. The molecule has 1 N–H and O–H groups in total. The summed E-state index contributed by atoms with van der Waals surface area (Å²) in [5.74, 6) is -0.200. The number of sulfonamides is 1. The van der Waals surface area contributed by atoms with Gasteiger partial charge in [0.05, 0.1) is 4.90 Å². The van der Waals surface area contributed by atoms with Crippen molar-refractivity contribution in [2.45, 2.75) is 25.7 Å². The number of nitrogens with zero attached hydrogens (tertiary/aromatic N) is 1. The molecule has 0 unspecified atom stereocenters. The van der Waals surface area contributed by atoms with Crippen LogP contribution in [0.5, 0.6) is 0 Å². The van der Waals surface area contributed by atoms with Gasteiger partial charge in [0.25, 0.3) is 5.91 Å². The van der Waals surface area contributed by atoms with Crippen molar-refractivity contribution in [2.75, 3.05) is 19.6 Å². The van der Waals surface area contributed by atoms with Crippen LogP contribution < -0.4 is 5.32 Å². The van der Waals surface area contributed by atoms with Gasteiger partial charge in [-0.15, -0.1) is 0 Å². The lowest BCUT2D eigenvalue weighted by Gasteiger charge is -2.18. The molecule has 19 heavy (non-hydrogen) atoms. The Bertz CT molecular complexity index is 519. The van der Waals surface area contributed by atoms with E-state index in [4.69, 9.17) is 0 Å². The lowest BCUT2D eigenvalue weighted by Crippen LogP contribution is -2.30. The van der Waals surface area contributed by atoms with Crippen molar-refractivity contribution in [3.05, 3.63) is 29.8 Å². The van der Waals surface area contributed by atoms with Crippen LogP contribution in [0.2, 0.25) is 0 Å². The van der Waals surface area contributed by atoms with Crippen molar-refractivity contribution in [2.24, 2.45) is 0 Å². The molecule has 1 aromatic rings. The van der Waals surface area contributed by atoms with Crippen LogP contribution in [0.15, 0.2) is 29.2 Å². The normalized spacial score (nSPS) is 11.6. The Balaban J connectivity index is 3.02. The zero-order valence-corrected chi connectivity index (χ0v) is 12.3. The third kappa shape index (κ3) is 3.54. The summed E-state index contributed by atoms with van der Waals surface area (Å²) in [6, 6.07) is 6.00. The molecule has 1 rings (SSSR count). The van der Waals surface area contributed by atoms with Gasteiger partial charge in [0.15, 0.2) is 0 Å². The second kappa shape index (κ2) is 6.68. The largest absolute Gasteiger partial charge is 0.352 e. The predicted molar refractivity (Wildman–Crippen MR) is 74.6 cm³/mol. The molecule has 0 aromatic heterocycles. The van der Waals surface area contributed by atoms with E-state index in [2.05, 4.69) is 5.32 Å². The monoisotopic (exact) mass is 284 g/mol. The van der Waals surface area contributed by atoms with E-state index in [1.165, 1.54) is 28.6 Å². The first-order chi connectivity index (χ1) is 8.97. The van der Waals surface area contributed by atoms with E-state index in [-0.39, 0.29) is 10.8 Å². The Morgan fingerprint density at radius 1 is 1.11 bits per heavy atom. The van der Waals surface area contributed by atoms with Crippen molar-refractivity contribution in [3.63, 3.8) is 0 Å². The minimum atomic E-state index is -3.45. The van der Waals surface area contributed by atoms with Gasteiger partial charge in [0, 0.05) is 25.2 Å². The Kier molecular flexibility index (Phi) is 5.50. The smallest absolute Gasteiger partial charge is 0.251 e. The number of carbonyl (C=O) groups is 1. The highest BCUT2D eigenvalue weighted by Gasteiger charge is 2.21. The highest BCUT2D eigenvalue weighted by molar-refractivity contribution is 7.89. The maximum absolute atomic E-state index is 12.2. The van der Waals surface area contributed by atoms with Crippen LogP contribution in [0.1, 0.15) is 31.1 Å². The second-order valence-electron chi connectivity index (χ2n) is 3.97. The van der Waals surface area contributed by atoms with E-state index < -0.39 is 10.0 Å². The van der Waals surface area contributed by atoms with Crippen LogP contribution in [0.4, 0.5) is 0 Å². The Morgan fingerprint density at radius 3 is 2.05 bits per heavy atom. The highest BCUT2D eigenvalue weighted by atomic mass is 32.2. The van der Waals surface area contributed by atoms with Crippen molar-refractivity contribution in [1.29, 1.82) is 0 Å². The van der Waals surface area contributed by atoms with Crippen LogP contribution in [-0.2, 0) is 10.0 Å². The van der Waals surface area contributed by atoms with Gasteiger partial charge >= 0.3 is 0 Å². The van der Waals surface area contributed by atoms with Crippen molar-refractivity contribution >= 4 is 15.9 Å². The molecular formula is C13H20N2O3S. The molecule has 0 saturated heterocycles. The van der Waals surface area contributed by atoms with Crippen molar-refractivity contribution in [3.8, 4) is 0 Å². The van der Waals surface area contributed by atoms with E-state index in [0.717, 1.165) is 0 Å². The fourth-order valence-corrected chi connectivity index (χ4v) is 3.21. The minimum Gasteiger partial charge on any atom is -0.352 e. The Morgan fingerprint density at radius 2 is 1.63 bits per heavy atom. The molecule has 0 bridgehead atoms. The first kappa shape index (κ1) is 15.7. The van der Waals surface area contributed by atoms with E-state index in [1.807, 2.05) is 6.92 Å². The first-order valence-corrected chi connectivity index (χ1v) is 7.79. The number of hydrogen-bond donors (Lipinski definition) is 1. The average molecular weight is 284 g/mol. The summed E-state index contributed by atoms with van der Waals surface area (Å²) in [6.07, 6.45) is 0. The van der Waals surface area contributed by atoms with Crippen molar-refractivity contribution in [1.82, 2.24) is 9.62 Å². The Labute approximate surface area is 114 Å². The lowest BCUT2D eigenvalue weighted by atomic mass is 10.2. The third-order valence-electron chi connectivity index (χ3n) is 2.80. The van der Waals surface area contributed by atoms with Gasteiger partial charge in [-0.2, -0.15) is 4.31 Å². The maximum Gasteiger partial charge on any atom is 0.251 e. The van der Waals surface area contributed by atoms with Gasteiger partial charge in [0.2, 0.25) is 10.0 Å². The number of hydrogen-bond acceptors (Lipinski definition) is 3. The van der Waals surface area contributed by atoms with E-state index in [1.54, 1.807) is 13.8 Å². The van der Waals surface area contributed by atoms with Crippen LogP contribution in [0.25, 0.3) is 0 Å². The van der Waals surface area contributed by atoms with E-state index >= 15 is 0 Å². The summed E-state index contributed by atoms with van der Waals surface area (Å²) in [7, 11) is -3.45. The Hall–Kier alpha value is -1.40. The summed E-state index contributed by atoms with van der Waals surface area (Å²) in [5, 5.41) is 2.67. The summed E-state index contributed by atoms with van der Waals surface area (Å²) in [6.45, 7) is 6.82. The zero-order valence-electron chi connectivity index (χ0n) is 11.5. The molecule has 0 aliphatic rings. The summed E-state index contributed by atoms with van der Waals surface area (Å²) in [4.78, 5) is 11.8. The maximum atomic E-state index is 12.2. The molecule has 1 amide bonds. The van der Waals surface area contributed by atoms with Crippen LogP contribution in [-0.4, -0.2) is 38.3 Å². The number of carbonyl (C=O) groups excluding carboxylic acids is 1. The van der Waals surface area contributed by atoms with Crippen LogP contribution in [0, 0.1) is 0 Å². The van der Waals surface area contributed by atoms with Gasteiger partial charge in [-0.25, -0.2) is 8.42 Å². The second-order valence-corrected chi connectivity index (χ2v) is 5.91. The fraction of sp³-hybridized carbons (Fsp3) is 0.462. The standard InChI is InChI=1S/C13H20N2O3S/c1-4-14-13(16)11-7-9-12(10-8-11)19(17,18)15(5-2)6-3/h7-10H,4-6H2,1-3H3,(H,14,16). The highest BCUT2D eigenvalue weighted by Crippen LogP contribution is 2.16. The molecule has 1 aromatic carbocycles. The van der Waals surface area contributed by atoms with Gasteiger partial charge in [0.1, 0.15) is 0 Å². The molecule has 0 saturated carbocycles. The average Bonchev–Trinajstić information content (AvgIpc) is 2.40. The van der Waals surface area contributed by atoms with Gasteiger partial charge in [-0.1, -0.05) is 13.8 Å². The number of nitrogens with one attached hydrogen (secondary N) is 1. The molecular weight excluding hydrogens is 264 g/mol. The van der Waals surface area contributed by atoms with Gasteiger partial charge < -0.3 is 5.32 Å². The summed E-state index contributed by atoms with van der Waals surface area (Å²) in [5.41, 5.74) is 0.459. The third-order valence-corrected chi connectivity index (χ3v) is 4.86. The summed E-state index contributed by atoms with van der Waals surface area (Å²) >= 11 is 0. The first-order valence-electron chi connectivity index (χ1n) is 6.35. The molecule has 0 spiro atoms. The SMILES string of the molecule is CCNC(=O)c1ccc(S(=O)(=O)N(CC)CC)cc1. The number of amides is 1. The molecule has 6 heteroatoms. The van der Waals surface area contributed by atoms with E-state index in [9.17, 15) is 13.2 Å². The molecule has 0 aliphatic heterocycles. The summed E-state index contributed by atoms with van der Waals surface area (Å²) < 4.78 is 25.8. The quantitative estimate of drug-likeness (QED) is 0.860. The number of benzene rings is 1. The molecule has 0 atom stereocenters. The molecule has 106 valence electrons. The molecule has 0 heterocycles. The molecule has 0 fully saturated rings.